The average Bonchev–Trinajstić information content (AvgIpc) is 2.77. The maximum absolute atomic E-state index is 13.1. The Morgan fingerprint density at radius 3 is 2.09 bits per heavy atom. The number of unbranched alkanes of at least 4 members (excludes halogenated alkanes) is 4. The third kappa shape index (κ3) is 8.63. The summed E-state index contributed by atoms with van der Waals surface area (Å²) in [6, 6.07) is 11.1. The van der Waals surface area contributed by atoms with Crippen molar-refractivity contribution in [2.75, 3.05) is 42.8 Å². The van der Waals surface area contributed by atoms with E-state index in [1.54, 1.807) is 30.3 Å². The first-order chi connectivity index (χ1) is 16.3. The van der Waals surface area contributed by atoms with Gasteiger partial charge in [0.05, 0.1) is 28.2 Å². The Morgan fingerprint density at radius 2 is 1.51 bits per heavy atom. The van der Waals surface area contributed by atoms with E-state index < -0.39 is 25.8 Å². The predicted molar refractivity (Wildman–Crippen MR) is 142 cm³/mol. The first-order valence-electron chi connectivity index (χ1n) is 11.7. The molecule has 0 radical (unpaired) electrons. The van der Waals surface area contributed by atoms with Gasteiger partial charge in [-0.3, -0.25) is 9.10 Å². The molecule has 1 amide bonds. The number of nitrogens with zero attached hydrogens (tertiary/aromatic N) is 2. The largest absolute Gasteiger partial charge is 0.322 e. The van der Waals surface area contributed by atoms with Gasteiger partial charge in [-0.25, -0.2) is 16.8 Å². The summed E-state index contributed by atoms with van der Waals surface area (Å²) in [6.07, 6.45) is 5.83. The fourth-order valence-corrected chi connectivity index (χ4v) is 5.53. The highest BCUT2D eigenvalue weighted by Crippen LogP contribution is 2.25. The standard InChI is InChI=1S/C25H37N3O5S2/c1-6-7-8-9-10-17-35(32,33)22-14-12-21(13-15-22)26-25(29)23-18-20(19-27(2)3)11-16-24(23)28(4)34(5,30)31/h11-16,18H,6-10,17,19H2,1-5H3,(H,26,29). The molecule has 0 aliphatic rings. The molecule has 0 aromatic heterocycles. The molecule has 0 unspecified atom stereocenters. The molecule has 1 N–H and O–H groups in total. The molecule has 10 heteroatoms. The third-order valence-electron chi connectivity index (χ3n) is 5.63. The van der Waals surface area contributed by atoms with Crippen molar-refractivity contribution >= 4 is 37.1 Å². The number of carbonyl (C=O) groups excluding carboxylic acids is 1. The van der Waals surface area contributed by atoms with Crippen LogP contribution in [0.4, 0.5) is 11.4 Å². The molecular formula is C25H37N3O5S2. The summed E-state index contributed by atoms with van der Waals surface area (Å²) in [6.45, 7) is 2.69. The number of carbonyl (C=O) groups is 1. The Labute approximate surface area is 210 Å². The monoisotopic (exact) mass is 523 g/mol. The van der Waals surface area contributed by atoms with Crippen LogP contribution in [-0.2, 0) is 26.4 Å². The number of nitrogens with one attached hydrogen (secondary N) is 1. The summed E-state index contributed by atoms with van der Waals surface area (Å²) in [7, 11) is -1.77. The van der Waals surface area contributed by atoms with Gasteiger partial charge in [0.1, 0.15) is 0 Å². The van der Waals surface area contributed by atoms with Gasteiger partial charge in [-0.1, -0.05) is 38.7 Å². The number of amides is 1. The van der Waals surface area contributed by atoms with Crippen LogP contribution in [0, 0.1) is 0 Å². The Morgan fingerprint density at radius 1 is 0.886 bits per heavy atom. The smallest absolute Gasteiger partial charge is 0.257 e. The maximum Gasteiger partial charge on any atom is 0.257 e. The summed E-state index contributed by atoms with van der Waals surface area (Å²) in [5, 5.41) is 2.76. The van der Waals surface area contributed by atoms with E-state index in [-0.39, 0.29) is 21.9 Å². The summed E-state index contributed by atoms with van der Waals surface area (Å²) < 4.78 is 50.5. The minimum atomic E-state index is -3.58. The van der Waals surface area contributed by atoms with E-state index in [4.69, 9.17) is 0 Å². The van der Waals surface area contributed by atoms with Gasteiger partial charge in [0.25, 0.3) is 5.91 Å². The van der Waals surface area contributed by atoms with Gasteiger partial charge in [0.2, 0.25) is 10.0 Å². The molecule has 0 heterocycles. The summed E-state index contributed by atoms with van der Waals surface area (Å²) in [5.41, 5.74) is 1.74. The lowest BCUT2D eigenvalue weighted by molar-refractivity contribution is 0.102. The minimum absolute atomic E-state index is 0.0995. The van der Waals surface area contributed by atoms with Crippen LogP contribution in [0.15, 0.2) is 47.4 Å². The van der Waals surface area contributed by atoms with Crippen molar-refractivity contribution in [2.24, 2.45) is 0 Å². The van der Waals surface area contributed by atoms with Crippen LogP contribution in [0.25, 0.3) is 0 Å². The van der Waals surface area contributed by atoms with Gasteiger partial charge in [-0.15, -0.1) is 0 Å². The Hall–Kier alpha value is -2.43. The van der Waals surface area contributed by atoms with Gasteiger partial charge in [0, 0.05) is 19.3 Å². The molecule has 0 aliphatic heterocycles. The zero-order chi connectivity index (χ0) is 26.2. The fraction of sp³-hybridized carbons (Fsp3) is 0.480. The highest BCUT2D eigenvalue weighted by Gasteiger charge is 2.21. The van der Waals surface area contributed by atoms with Crippen LogP contribution in [0.1, 0.15) is 54.9 Å². The number of hydrogen-bond donors (Lipinski definition) is 1. The van der Waals surface area contributed by atoms with Crippen LogP contribution in [0.5, 0.6) is 0 Å². The molecule has 0 atom stereocenters. The van der Waals surface area contributed by atoms with Crippen molar-refractivity contribution in [1.82, 2.24) is 4.90 Å². The Bertz CT molecular complexity index is 1210. The lowest BCUT2D eigenvalue weighted by atomic mass is 10.1. The molecule has 0 bridgehead atoms. The van der Waals surface area contributed by atoms with Crippen molar-refractivity contribution in [3.05, 3.63) is 53.6 Å². The topological polar surface area (TPSA) is 104 Å². The average molecular weight is 524 g/mol. The molecule has 0 aliphatic carbocycles. The van der Waals surface area contributed by atoms with Crippen LogP contribution in [0.2, 0.25) is 0 Å². The first kappa shape index (κ1) is 28.8. The quantitative estimate of drug-likeness (QED) is 0.396. The number of hydrogen-bond acceptors (Lipinski definition) is 6. The molecule has 35 heavy (non-hydrogen) atoms. The van der Waals surface area contributed by atoms with Crippen LogP contribution in [-0.4, -0.2) is 60.8 Å². The molecule has 0 saturated carbocycles. The molecule has 194 valence electrons. The maximum atomic E-state index is 13.1. The SMILES string of the molecule is CCCCCCCS(=O)(=O)c1ccc(NC(=O)c2cc(CN(C)C)ccc2N(C)S(C)(=O)=O)cc1. The van der Waals surface area contributed by atoms with Gasteiger partial charge in [0.15, 0.2) is 9.84 Å². The van der Waals surface area contributed by atoms with Gasteiger partial charge < -0.3 is 10.2 Å². The van der Waals surface area contributed by atoms with Crippen molar-refractivity contribution < 1.29 is 21.6 Å². The third-order valence-corrected chi connectivity index (χ3v) is 8.64. The van der Waals surface area contributed by atoms with Gasteiger partial charge in [-0.05, 0) is 62.5 Å². The van der Waals surface area contributed by atoms with E-state index in [0.717, 1.165) is 41.8 Å². The zero-order valence-electron chi connectivity index (χ0n) is 21.2. The predicted octanol–water partition coefficient (Wildman–Crippen LogP) is 4.14. The van der Waals surface area contributed by atoms with Crippen molar-refractivity contribution in [3.63, 3.8) is 0 Å². The first-order valence-corrected chi connectivity index (χ1v) is 15.2. The van der Waals surface area contributed by atoms with E-state index in [2.05, 4.69) is 12.2 Å². The number of rotatable bonds is 13. The second-order valence-corrected chi connectivity index (χ2v) is 13.2. The molecule has 0 fully saturated rings. The highest BCUT2D eigenvalue weighted by molar-refractivity contribution is 7.92. The lowest BCUT2D eigenvalue weighted by Gasteiger charge is -2.21. The molecule has 8 nitrogen and oxygen atoms in total. The number of benzene rings is 2. The second kappa shape index (κ2) is 12.5. The second-order valence-electron chi connectivity index (χ2n) is 9.03. The molecular weight excluding hydrogens is 486 g/mol. The molecule has 0 spiro atoms. The van der Waals surface area contributed by atoms with E-state index in [9.17, 15) is 21.6 Å². The zero-order valence-corrected chi connectivity index (χ0v) is 22.9. The normalized spacial score (nSPS) is 12.1. The van der Waals surface area contributed by atoms with Gasteiger partial charge >= 0.3 is 0 Å². The summed E-state index contributed by atoms with van der Waals surface area (Å²) in [4.78, 5) is 15.3. The fourth-order valence-electron chi connectivity index (χ4n) is 3.64. The Balaban J connectivity index is 2.22. The van der Waals surface area contributed by atoms with Crippen molar-refractivity contribution in [3.8, 4) is 0 Å². The molecule has 2 aromatic carbocycles. The summed E-state index contributed by atoms with van der Waals surface area (Å²) in [5.74, 6) is -0.384. The highest BCUT2D eigenvalue weighted by atomic mass is 32.2. The summed E-state index contributed by atoms with van der Waals surface area (Å²) >= 11 is 0. The molecule has 2 rings (SSSR count). The number of anilines is 2. The van der Waals surface area contributed by atoms with E-state index in [1.807, 2.05) is 19.0 Å². The van der Waals surface area contributed by atoms with Crippen LogP contribution >= 0.6 is 0 Å². The van der Waals surface area contributed by atoms with Gasteiger partial charge in [-0.2, -0.15) is 0 Å². The van der Waals surface area contributed by atoms with Crippen LogP contribution in [0.3, 0.4) is 0 Å². The van der Waals surface area contributed by atoms with Crippen LogP contribution < -0.4 is 9.62 Å². The molecule has 2 aromatic rings. The van der Waals surface area contributed by atoms with E-state index in [0.29, 0.717) is 18.7 Å². The van der Waals surface area contributed by atoms with Crippen molar-refractivity contribution in [1.29, 1.82) is 0 Å². The van der Waals surface area contributed by atoms with Crippen molar-refractivity contribution in [2.45, 2.75) is 50.5 Å². The Kier molecular flexibility index (Phi) is 10.3. The minimum Gasteiger partial charge on any atom is -0.322 e. The van der Waals surface area contributed by atoms with E-state index in [1.165, 1.54) is 19.2 Å². The molecule has 0 saturated heterocycles. The van der Waals surface area contributed by atoms with E-state index >= 15 is 0 Å². The number of sulfone groups is 1. The lowest BCUT2D eigenvalue weighted by Crippen LogP contribution is -2.28. The number of sulfonamides is 1.